The van der Waals surface area contributed by atoms with E-state index >= 15 is 0 Å². The van der Waals surface area contributed by atoms with Crippen molar-refractivity contribution in [1.82, 2.24) is 4.90 Å². The maximum Gasteiger partial charge on any atom is 0.249 e. The Bertz CT molecular complexity index is 220. The Kier molecular flexibility index (Phi) is 3.62. The van der Waals surface area contributed by atoms with E-state index in [9.17, 15) is 4.79 Å². The largest absolute Gasteiger partial charge is 0.375 e. The molecule has 3 nitrogen and oxygen atoms in total. The fourth-order valence-electron chi connectivity index (χ4n) is 2.62. The Morgan fingerprint density at radius 1 is 1.13 bits per heavy atom. The maximum absolute atomic E-state index is 11.9. The molecule has 3 heteroatoms. The minimum absolute atomic E-state index is 0.201. The van der Waals surface area contributed by atoms with E-state index in [0.717, 1.165) is 0 Å². The molecule has 0 heterocycles. The van der Waals surface area contributed by atoms with Gasteiger partial charge >= 0.3 is 0 Å². The van der Waals surface area contributed by atoms with Crippen LogP contribution in [0, 0.1) is 0 Å². The number of carbonyl (C=O) groups is 1. The summed E-state index contributed by atoms with van der Waals surface area (Å²) in [7, 11) is 1.60. The van der Waals surface area contributed by atoms with Gasteiger partial charge in [-0.25, -0.2) is 0 Å². The lowest BCUT2D eigenvalue weighted by Crippen LogP contribution is -2.44. The minimum Gasteiger partial charge on any atom is -0.375 e. The molecular weight excluding hydrogens is 190 g/mol. The average Bonchev–Trinajstić information content (AvgIpc) is 3.04. The zero-order valence-electron chi connectivity index (χ0n) is 9.58. The molecule has 2 aliphatic rings. The number of ether oxygens (including phenoxy) is 1. The first-order valence-electron chi connectivity index (χ1n) is 6.13. The topological polar surface area (TPSA) is 29.5 Å². The second-order valence-electron chi connectivity index (χ2n) is 4.76. The molecule has 0 bridgehead atoms. The molecule has 0 aromatic heterocycles. The van der Waals surface area contributed by atoms with Crippen LogP contribution in [0.2, 0.25) is 0 Å². The molecule has 2 fully saturated rings. The number of nitrogens with zero attached hydrogens (tertiary/aromatic N) is 1. The smallest absolute Gasteiger partial charge is 0.249 e. The highest BCUT2D eigenvalue weighted by Gasteiger charge is 2.37. The summed E-state index contributed by atoms with van der Waals surface area (Å²) < 4.78 is 4.96. The fraction of sp³-hybridized carbons (Fsp3) is 0.917. The Balaban J connectivity index is 1.94. The van der Waals surface area contributed by atoms with Crippen molar-refractivity contribution in [2.75, 3.05) is 13.7 Å². The Morgan fingerprint density at radius 3 is 2.27 bits per heavy atom. The molecule has 86 valence electrons. The highest BCUT2D eigenvalue weighted by atomic mass is 16.5. The summed E-state index contributed by atoms with van der Waals surface area (Å²) in [6.45, 7) is 0.257. The van der Waals surface area contributed by atoms with E-state index in [1.54, 1.807) is 7.11 Å². The van der Waals surface area contributed by atoms with Crippen molar-refractivity contribution in [3.8, 4) is 0 Å². The van der Waals surface area contributed by atoms with Crippen LogP contribution < -0.4 is 0 Å². The normalized spacial score (nSPS) is 22.7. The van der Waals surface area contributed by atoms with Gasteiger partial charge in [-0.3, -0.25) is 4.79 Å². The van der Waals surface area contributed by atoms with Crippen LogP contribution in [-0.4, -0.2) is 36.6 Å². The molecule has 0 spiro atoms. The van der Waals surface area contributed by atoms with Crippen molar-refractivity contribution in [1.29, 1.82) is 0 Å². The molecule has 0 N–H and O–H groups in total. The Labute approximate surface area is 91.8 Å². The molecule has 1 amide bonds. The molecule has 15 heavy (non-hydrogen) atoms. The third-order valence-corrected chi connectivity index (χ3v) is 3.46. The lowest BCUT2D eigenvalue weighted by molar-refractivity contribution is -0.138. The predicted octanol–water partition coefficient (Wildman–Crippen LogP) is 1.96. The zero-order chi connectivity index (χ0) is 10.7. The molecule has 0 unspecified atom stereocenters. The quantitative estimate of drug-likeness (QED) is 0.711. The van der Waals surface area contributed by atoms with Gasteiger partial charge in [0.1, 0.15) is 6.61 Å². The number of rotatable bonds is 4. The standard InChI is InChI=1S/C12H21NO2/c1-15-9-12(14)13(11-7-8-11)10-5-3-2-4-6-10/h10-11H,2-9H2,1H3. The predicted molar refractivity (Wildman–Crippen MR) is 58.6 cm³/mol. The molecule has 0 atom stereocenters. The lowest BCUT2D eigenvalue weighted by atomic mass is 9.94. The summed E-state index contributed by atoms with van der Waals surface area (Å²) in [4.78, 5) is 14.1. The second-order valence-corrected chi connectivity index (χ2v) is 4.76. The third-order valence-electron chi connectivity index (χ3n) is 3.46. The van der Waals surface area contributed by atoms with Crippen LogP contribution in [0.5, 0.6) is 0 Å². The highest BCUT2D eigenvalue weighted by molar-refractivity contribution is 5.78. The van der Waals surface area contributed by atoms with Gasteiger partial charge in [0, 0.05) is 19.2 Å². The summed E-state index contributed by atoms with van der Waals surface area (Å²) in [5.41, 5.74) is 0. The van der Waals surface area contributed by atoms with E-state index in [1.807, 2.05) is 0 Å². The summed E-state index contributed by atoms with van der Waals surface area (Å²) in [6.07, 6.45) is 8.71. The highest BCUT2D eigenvalue weighted by Crippen LogP contribution is 2.33. The average molecular weight is 211 g/mol. The molecule has 0 aliphatic heterocycles. The SMILES string of the molecule is COCC(=O)N(C1CCCCC1)C1CC1. The van der Waals surface area contributed by atoms with Crippen LogP contribution >= 0.6 is 0 Å². The van der Waals surface area contributed by atoms with Gasteiger partial charge in [-0.15, -0.1) is 0 Å². The summed E-state index contributed by atoms with van der Waals surface area (Å²) in [6, 6.07) is 1.05. The van der Waals surface area contributed by atoms with Crippen LogP contribution in [0.25, 0.3) is 0 Å². The summed E-state index contributed by atoms with van der Waals surface area (Å²) >= 11 is 0. The van der Waals surface area contributed by atoms with Gasteiger partial charge in [0.05, 0.1) is 0 Å². The van der Waals surface area contributed by atoms with Crippen molar-refractivity contribution in [2.24, 2.45) is 0 Å². The molecular formula is C12H21NO2. The molecule has 2 aliphatic carbocycles. The number of hydrogen-bond donors (Lipinski definition) is 0. The van der Waals surface area contributed by atoms with E-state index < -0.39 is 0 Å². The number of methoxy groups -OCH3 is 1. The molecule has 0 radical (unpaired) electrons. The van der Waals surface area contributed by atoms with Gasteiger partial charge in [-0.2, -0.15) is 0 Å². The van der Waals surface area contributed by atoms with Crippen LogP contribution in [0.3, 0.4) is 0 Å². The number of amides is 1. The number of carbonyl (C=O) groups excluding carboxylic acids is 1. The molecule has 0 saturated heterocycles. The number of hydrogen-bond acceptors (Lipinski definition) is 2. The minimum atomic E-state index is 0.201. The summed E-state index contributed by atoms with van der Waals surface area (Å²) in [5.74, 6) is 0.201. The first-order chi connectivity index (χ1) is 7.33. The summed E-state index contributed by atoms with van der Waals surface area (Å²) in [5, 5.41) is 0. The van der Waals surface area contributed by atoms with Gasteiger partial charge in [-0.1, -0.05) is 19.3 Å². The van der Waals surface area contributed by atoms with E-state index in [1.165, 1.54) is 44.9 Å². The first-order valence-corrected chi connectivity index (χ1v) is 6.13. The van der Waals surface area contributed by atoms with Crippen LogP contribution in [0.15, 0.2) is 0 Å². The van der Waals surface area contributed by atoms with Crippen LogP contribution in [0.1, 0.15) is 44.9 Å². The lowest BCUT2D eigenvalue weighted by Gasteiger charge is -2.34. The van der Waals surface area contributed by atoms with Crippen molar-refractivity contribution in [3.05, 3.63) is 0 Å². The van der Waals surface area contributed by atoms with E-state index in [2.05, 4.69) is 4.90 Å². The van der Waals surface area contributed by atoms with Crippen LogP contribution in [0.4, 0.5) is 0 Å². The Hall–Kier alpha value is -0.570. The molecule has 0 aromatic rings. The fourth-order valence-corrected chi connectivity index (χ4v) is 2.62. The van der Waals surface area contributed by atoms with Gasteiger partial charge in [0.2, 0.25) is 5.91 Å². The van der Waals surface area contributed by atoms with Crippen molar-refractivity contribution in [3.63, 3.8) is 0 Å². The van der Waals surface area contributed by atoms with E-state index in [4.69, 9.17) is 4.74 Å². The van der Waals surface area contributed by atoms with Crippen molar-refractivity contribution in [2.45, 2.75) is 57.0 Å². The molecule has 2 saturated carbocycles. The van der Waals surface area contributed by atoms with Gasteiger partial charge < -0.3 is 9.64 Å². The van der Waals surface area contributed by atoms with Crippen LogP contribution in [-0.2, 0) is 9.53 Å². The first kappa shape index (κ1) is 10.9. The van der Waals surface area contributed by atoms with Crippen molar-refractivity contribution >= 4 is 5.91 Å². The maximum atomic E-state index is 11.9. The zero-order valence-corrected chi connectivity index (χ0v) is 9.58. The molecule has 0 aromatic carbocycles. The van der Waals surface area contributed by atoms with E-state index in [0.29, 0.717) is 12.1 Å². The van der Waals surface area contributed by atoms with Gasteiger partial charge in [0.25, 0.3) is 0 Å². The monoisotopic (exact) mass is 211 g/mol. The van der Waals surface area contributed by atoms with Gasteiger partial charge in [-0.05, 0) is 25.7 Å². The van der Waals surface area contributed by atoms with Gasteiger partial charge in [0.15, 0.2) is 0 Å². The van der Waals surface area contributed by atoms with Crippen molar-refractivity contribution < 1.29 is 9.53 Å². The second kappa shape index (κ2) is 4.97. The van der Waals surface area contributed by atoms with E-state index in [-0.39, 0.29) is 12.5 Å². The third kappa shape index (κ3) is 2.71. The molecule has 2 rings (SSSR count). The Morgan fingerprint density at radius 2 is 1.73 bits per heavy atom.